The topological polar surface area (TPSA) is 26.8 Å². The fraction of sp³-hybridized carbons (Fsp3) is 0.632. The molecule has 2 aliphatic rings. The van der Waals surface area contributed by atoms with Crippen LogP contribution in [0.25, 0.3) is 0 Å². The number of hydrogen-bond donors (Lipinski definition) is 0. The summed E-state index contributed by atoms with van der Waals surface area (Å²) >= 11 is 0. The average molecular weight is 369 g/mol. The maximum Gasteiger partial charge on any atom is 0.416 e. The molecule has 0 aliphatic carbocycles. The Morgan fingerprint density at radius 3 is 2.23 bits per heavy atom. The van der Waals surface area contributed by atoms with Gasteiger partial charge in [0, 0.05) is 45.8 Å². The summed E-state index contributed by atoms with van der Waals surface area (Å²) in [6.45, 7) is 5.79. The summed E-state index contributed by atoms with van der Waals surface area (Å²) in [4.78, 5) is 18.6. The SMILES string of the molecule is O=C(CN1CCN(Cc2cccc(C(F)(F)F)c2)CC1)N1CCCCC1. The van der Waals surface area contributed by atoms with Crippen molar-refractivity contribution < 1.29 is 18.0 Å². The van der Waals surface area contributed by atoms with E-state index in [1.165, 1.54) is 18.6 Å². The first-order chi connectivity index (χ1) is 12.4. The number of piperazine rings is 1. The monoisotopic (exact) mass is 369 g/mol. The molecule has 0 unspecified atom stereocenters. The minimum atomic E-state index is -4.30. The number of benzene rings is 1. The van der Waals surface area contributed by atoms with Crippen LogP contribution < -0.4 is 0 Å². The van der Waals surface area contributed by atoms with E-state index in [1.807, 2.05) is 4.90 Å². The number of hydrogen-bond acceptors (Lipinski definition) is 3. The first kappa shape index (κ1) is 19.2. The highest BCUT2D eigenvalue weighted by molar-refractivity contribution is 5.78. The molecule has 0 bridgehead atoms. The van der Waals surface area contributed by atoms with Crippen LogP contribution in [0.1, 0.15) is 30.4 Å². The number of halogens is 3. The highest BCUT2D eigenvalue weighted by atomic mass is 19.4. The Bertz CT molecular complexity index is 606. The second-order valence-corrected chi connectivity index (χ2v) is 7.19. The van der Waals surface area contributed by atoms with Crippen molar-refractivity contribution in [3.05, 3.63) is 35.4 Å². The fourth-order valence-electron chi connectivity index (χ4n) is 3.64. The third-order valence-corrected chi connectivity index (χ3v) is 5.19. The van der Waals surface area contributed by atoms with Crippen LogP contribution in [-0.2, 0) is 17.5 Å². The van der Waals surface area contributed by atoms with E-state index < -0.39 is 11.7 Å². The third-order valence-electron chi connectivity index (χ3n) is 5.19. The molecule has 2 aliphatic heterocycles. The molecule has 1 aromatic carbocycles. The number of carbonyl (C=O) groups excluding carboxylic acids is 1. The van der Waals surface area contributed by atoms with E-state index in [-0.39, 0.29) is 5.91 Å². The number of rotatable bonds is 4. The van der Waals surface area contributed by atoms with Gasteiger partial charge in [-0.3, -0.25) is 14.6 Å². The maximum atomic E-state index is 12.8. The van der Waals surface area contributed by atoms with Gasteiger partial charge in [0.05, 0.1) is 12.1 Å². The molecule has 2 heterocycles. The predicted molar refractivity (Wildman–Crippen MR) is 93.6 cm³/mol. The zero-order valence-corrected chi connectivity index (χ0v) is 15.0. The van der Waals surface area contributed by atoms with Crippen LogP contribution in [0.2, 0.25) is 0 Å². The Balaban J connectivity index is 1.46. The van der Waals surface area contributed by atoms with E-state index in [2.05, 4.69) is 9.80 Å². The van der Waals surface area contributed by atoms with Gasteiger partial charge in [-0.05, 0) is 30.9 Å². The molecular formula is C19H26F3N3O. The van der Waals surface area contributed by atoms with Crippen LogP contribution in [0.3, 0.4) is 0 Å². The largest absolute Gasteiger partial charge is 0.416 e. The molecule has 2 fully saturated rings. The Hall–Kier alpha value is -1.60. The Morgan fingerprint density at radius 1 is 0.923 bits per heavy atom. The Labute approximate surface area is 152 Å². The molecule has 144 valence electrons. The second kappa shape index (κ2) is 8.39. The van der Waals surface area contributed by atoms with Gasteiger partial charge >= 0.3 is 6.18 Å². The van der Waals surface area contributed by atoms with E-state index in [0.29, 0.717) is 18.7 Å². The lowest BCUT2D eigenvalue weighted by Gasteiger charge is -2.36. The van der Waals surface area contributed by atoms with E-state index >= 15 is 0 Å². The number of carbonyl (C=O) groups is 1. The van der Waals surface area contributed by atoms with Crippen LogP contribution in [0.5, 0.6) is 0 Å². The first-order valence-electron chi connectivity index (χ1n) is 9.30. The number of piperidine rings is 1. The van der Waals surface area contributed by atoms with E-state index in [9.17, 15) is 18.0 Å². The van der Waals surface area contributed by atoms with Crippen molar-refractivity contribution in [1.82, 2.24) is 14.7 Å². The summed E-state index contributed by atoms with van der Waals surface area (Å²) in [7, 11) is 0. The summed E-state index contributed by atoms with van der Waals surface area (Å²) in [6, 6.07) is 5.53. The van der Waals surface area contributed by atoms with Crippen molar-refractivity contribution in [3.63, 3.8) is 0 Å². The second-order valence-electron chi connectivity index (χ2n) is 7.19. The Morgan fingerprint density at radius 2 is 1.58 bits per heavy atom. The molecule has 2 saturated heterocycles. The lowest BCUT2D eigenvalue weighted by molar-refractivity contribution is -0.137. The minimum absolute atomic E-state index is 0.205. The van der Waals surface area contributed by atoms with Crippen molar-refractivity contribution in [3.8, 4) is 0 Å². The fourth-order valence-corrected chi connectivity index (χ4v) is 3.64. The van der Waals surface area contributed by atoms with Gasteiger partial charge in [-0.2, -0.15) is 13.2 Å². The van der Waals surface area contributed by atoms with Crippen molar-refractivity contribution in [2.45, 2.75) is 32.0 Å². The third kappa shape index (κ3) is 5.20. The Kier molecular flexibility index (Phi) is 6.19. The summed E-state index contributed by atoms with van der Waals surface area (Å²) in [5.74, 6) is 0.205. The predicted octanol–water partition coefficient (Wildman–Crippen LogP) is 2.84. The van der Waals surface area contributed by atoms with Gasteiger partial charge in [0.15, 0.2) is 0 Å². The zero-order valence-electron chi connectivity index (χ0n) is 15.0. The molecule has 26 heavy (non-hydrogen) atoms. The van der Waals surface area contributed by atoms with Crippen LogP contribution >= 0.6 is 0 Å². The summed E-state index contributed by atoms with van der Waals surface area (Å²) in [5, 5.41) is 0. The molecule has 0 atom stereocenters. The molecule has 1 amide bonds. The molecule has 0 radical (unpaired) electrons. The molecule has 0 aromatic heterocycles. The molecule has 0 spiro atoms. The highest BCUT2D eigenvalue weighted by Crippen LogP contribution is 2.29. The van der Waals surface area contributed by atoms with Crippen molar-refractivity contribution >= 4 is 5.91 Å². The first-order valence-corrected chi connectivity index (χ1v) is 9.30. The zero-order chi connectivity index (χ0) is 18.6. The van der Waals surface area contributed by atoms with Gasteiger partial charge in [0.1, 0.15) is 0 Å². The van der Waals surface area contributed by atoms with Crippen molar-refractivity contribution in [1.29, 1.82) is 0 Å². The van der Waals surface area contributed by atoms with Crippen LogP contribution in [0.4, 0.5) is 13.2 Å². The normalized spacial score (nSPS) is 20.3. The molecule has 3 rings (SSSR count). The standard InChI is InChI=1S/C19H26F3N3O/c20-19(21,22)17-6-4-5-16(13-17)14-23-9-11-24(12-10-23)15-18(26)25-7-2-1-3-8-25/h4-6,13H,1-3,7-12,14-15H2. The van der Waals surface area contributed by atoms with Crippen molar-refractivity contribution in [2.24, 2.45) is 0 Å². The maximum absolute atomic E-state index is 12.8. The molecule has 4 nitrogen and oxygen atoms in total. The summed E-state index contributed by atoms with van der Waals surface area (Å²) in [5.41, 5.74) is 0.0819. The smallest absolute Gasteiger partial charge is 0.342 e. The van der Waals surface area contributed by atoms with Gasteiger partial charge < -0.3 is 4.90 Å². The van der Waals surface area contributed by atoms with Gasteiger partial charge in [0.2, 0.25) is 5.91 Å². The minimum Gasteiger partial charge on any atom is -0.342 e. The quantitative estimate of drug-likeness (QED) is 0.817. The number of likely N-dealkylation sites (tertiary alicyclic amines) is 1. The van der Waals surface area contributed by atoms with Gasteiger partial charge in [-0.1, -0.05) is 18.2 Å². The molecule has 7 heteroatoms. The summed E-state index contributed by atoms with van der Waals surface area (Å²) < 4.78 is 38.4. The van der Waals surface area contributed by atoms with E-state index in [0.717, 1.165) is 58.2 Å². The highest BCUT2D eigenvalue weighted by Gasteiger charge is 2.30. The number of alkyl halides is 3. The molecule has 1 aromatic rings. The number of nitrogens with zero attached hydrogens (tertiary/aromatic N) is 3. The number of amides is 1. The van der Waals surface area contributed by atoms with E-state index in [1.54, 1.807) is 6.07 Å². The van der Waals surface area contributed by atoms with Crippen LogP contribution in [0.15, 0.2) is 24.3 Å². The van der Waals surface area contributed by atoms with Gasteiger partial charge in [0.25, 0.3) is 0 Å². The summed E-state index contributed by atoms with van der Waals surface area (Å²) in [6.07, 6.45) is -0.908. The molecule has 0 N–H and O–H groups in total. The lowest BCUT2D eigenvalue weighted by Crippen LogP contribution is -2.50. The van der Waals surface area contributed by atoms with Gasteiger partial charge in [-0.15, -0.1) is 0 Å². The van der Waals surface area contributed by atoms with E-state index in [4.69, 9.17) is 0 Å². The van der Waals surface area contributed by atoms with Crippen molar-refractivity contribution in [2.75, 3.05) is 45.8 Å². The van der Waals surface area contributed by atoms with Crippen LogP contribution in [-0.4, -0.2) is 66.4 Å². The average Bonchev–Trinajstić information content (AvgIpc) is 2.63. The lowest BCUT2D eigenvalue weighted by atomic mass is 10.1. The van der Waals surface area contributed by atoms with Crippen LogP contribution in [0, 0.1) is 0 Å². The van der Waals surface area contributed by atoms with Gasteiger partial charge in [-0.25, -0.2) is 0 Å². The molecule has 0 saturated carbocycles. The molecular weight excluding hydrogens is 343 g/mol.